The van der Waals surface area contributed by atoms with Crippen molar-refractivity contribution < 1.29 is 80.5 Å². The summed E-state index contributed by atoms with van der Waals surface area (Å²) in [6, 6.07) is 0. The van der Waals surface area contributed by atoms with Crippen molar-refractivity contribution in [2.75, 3.05) is 37.8 Å². The lowest BCUT2D eigenvalue weighted by Crippen LogP contribution is -2.46. The molecule has 69 heavy (non-hydrogen) atoms. The van der Waals surface area contributed by atoms with Gasteiger partial charge in [0.2, 0.25) is 11.8 Å². The Kier molecular flexibility index (Phi) is 26.4. The number of phosphoric acid groups is 3. The molecule has 0 aromatic carbocycles. The van der Waals surface area contributed by atoms with Gasteiger partial charge in [0.15, 0.2) is 22.8 Å². The molecule has 1 aliphatic heterocycles. The number of hydrogen-bond acceptors (Lipinski definition) is 18. The number of carbonyl (C=O) groups excluding carboxylic acids is 3. The van der Waals surface area contributed by atoms with Crippen molar-refractivity contribution in [2.24, 2.45) is 11.3 Å². The molecule has 2 aromatic rings. The van der Waals surface area contributed by atoms with Gasteiger partial charge in [-0.2, -0.15) is 4.31 Å². The number of phosphoric ester groups is 3. The van der Waals surface area contributed by atoms with Crippen LogP contribution in [0.25, 0.3) is 11.2 Å². The number of amides is 2. The minimum Gasteiger partial charge on any atom is -0.386 e. The van der Waals surface area contributed by atoms with Gasteiger partial charge >= 0.3 is 23.5 Å². The summed E-state index contributed by atoms with van der Waals surface area (Å²) in [4.78, 5) is 88.5. The molecule has 10 N–H and O–H groups in total. The van der Waals surface area contributed by atoms with Crippen LogP contribution >= 0.6 is 35.2 Å². The molecule has 0 aliphatic carbocycles. The molecule has 3 heterocycles. The molecule has 2 aromatic heterocycles. The zero-order valence-corrected chi connectivity index (χ0v) is 43.5. The zero-order valence-electron chi connectivity index (χ0n) is 40.0. The topological polar surface area (TPSA) is 364 Å². The summed E-state index contributed by atoms with van der Waals surface area (Å²) >= 11 is 1.16. The summed E-state index contributed by atoms with van der Waals surface area (Å²) in [7, 11) is -16.4. The number of imidazole rings is 1. The molecule has 396 valence electrons. The SMILES string of the molecule is CC(C)CCCCCCCCCCCCCCCCC(=O)SCCNC(=O)CCNC(=O)[C@H](O)C(C)(C)COP(=O)(O)OP(=O)(O)OC[C@H]1O[C@@H](n2cnc3c(N)ncnc32)[C@H](O)[C@@H]1OP(=O)(O)O. The van der Waals surface area contributed by atoms with Crippen LogP contribution in [0, 0.1) is 11.3 Å². The predicted octanol–water partition coefficient (Wildman–Crippen LogP) is 5.56. The normalized spacial score (nSPS) is 19.9. The van der Waals surface area contributed by atoms with E-state index in [1.807, 2.05) is 0 Å². The second kappa shape index (κ2) is 29.9. The number of carbonyl (C=O) groups is 3. The predicted molar refractivity (Wildman–Crippen MR) is 256 cm³/mol. The van der Waals surface area contributed by atoms with Crippen LogP contribution in [0.2, 0.25) is 0 Å². The fraction of sp³-hybridized carbons (Fsp3) is 0.805. The van der Waals surface area contributed by atoms with Gasteiger partial charge in [0.05, 0.1) is 19.5 Å². The van der Waals surface area contributed by atoms with E-state index in [0.29, 0.717) is 12.2 Å². The van der Waals surface area contributed by atoms with E-state index in [0.717, 1.165) is 54.2 Å². The van der Waals surface area contributed by atoms with Gasteiger partial charge in [-0.15, -0.1) is 0 Å². The summed E-state index contributed by atoms with van der Waals surface area (Å²) in [5, 5.41) is 26.7. The molecular formula is C41H74N7O17P3S. The van der Waals surface area contributed by atoms with Crippen LogP contribution in [0.15, 0.2) is 12.7 Å². The third kappa shape index (κ3) is 23.3. The van der Waals surface area contributed by atoms with Crippen molar-refractivity contribution in [3.63, 3.8) is 0 Å². The minimum atomic E-state index is -5.57. The molecule has 3 rings (SSSR count). The Morgan fingerprint density at radius 1 is 0.841 bits per heavy atom. The van der Waals surface area contributed by atoms with E-state index >= 15 is 0 Å². The number of unbranched alkanes of at least 4 members (excludes halogenated alkanes) is 13. The molecule has 1 fully saturated rings. The molecule has 7 atom stereocenters. The number of rotatable bonds is 36. The number of nitrogens with two attached hydrogens (primary N) is 1. The Balaban J connectivity index is 1.27. The Morgan fingerprint density at radius 2 is 1.42 bits per heavy atom. The molecule has 1 saturated heterocycles. The Labute approximate surface area is 407 Å². The summed E-state index contributed by atoms with van der Waals surface area (Å²) in [5.41, 5.74) is 4.29. The number of ether oxygens (including phenoxy) is 1. The highest BCUT2D eigenvalue weighted by Crippen LogP contribution is 2.61. The lowest BCUT2D eigenvalue weighted by molar-refractivity contribution is -0.137. The van der Waals surface area contributed by atoms with Crippen LogP contribution in [0.1, 0.15) is 143 Å². The Bertz CT molecular complexity index is 2050. The number of aromatic nitrogens is 4. The maximum Gasteiger partial charge on any atom is 0.481 e. The number of nitrogens with zero attached hydrogens (tertiary/aromatic N) is 4. The van der Waals surface area contributed by atoms with Gasteiger partial charge in [-0.1, -0.05) is 129 Å². The summed E-state index contributed by atoms with van der Waals surface area (Å²) in [6.07, 6.45) is 12.4. The van der Waals surface area contributed by atoms with Gasteiger partial charge in [-0.05, 0) is 12.3 Å². The lowest BCUT2D eigenvalue weighted by atomic mass is 9.87. The Hall–Kier alpha value is -2.44. The molecule has 24 nitrogen and oxygen atoms in total. The van der Waals surface area contributed by atoms with Gasteiger partial charge in [0.1, 0.15) is 36.3 Å². The highest BCUT2D eigenvalue weighted by molar-refractivity contribution is 8.13. The number of anilines is 1. The van der Waals surface area contributed by atoms with Crippen LogP contribution < -0.4 is 16.4 Å². The summed E-state index contributed by atoms with van der Waals surface area (Å²) in [5.74, 6) is -0.207. The van der Waals surface area contributed by atoms with Crippen LogP contribution in [-0.4, -0.2) is 123 Å². The van der Waals surface area contributed by atoms with Crippen molar-refractivity contribution >= 4 is 69.1 Å². The van der Waals surface area contributed by atoms with Gasteiger partial charge < -0.3 is 50.9 Å². The van der Waals surface area contributed by atoms with Crippen LogP contribution in [0.5, 0.6) is 0 Å². The molecule has 0 bridgehead atoms. The van der Waals surface area contributed by atoms with Gasteiger partial charge in [-0.3, -0.25) is 32.5 Å². The number of fused-ring (bicyclic) bond motifs is 1. The number of hydrogen-bond donors (Lipinski definition) is 9. The van der Waals surface area contributed by atoms with Crippen molar-refractivity contribution in [1.29, 1.82) is 0 Å². The molecule has 28 heteroatoms. The standard InChI is InChI=1S/C41H74N7O17P3S/c1-29(2)19-17-15-13-11-9-7-5-6-8-10-12-14-16-18-20-32(50)69-24-23-43-31(49)21-22-44-39(53)36(52)41(3,4)26-62-68(59,60)65-67(57,58)61-25-30-35(64-66(54,55)56)34(51)40(63-30)48-28-47-33-37(42)45-27-46-38(33)48/h27-30,34-36,40,51-52H,5-26H2,1-4H3,(H,43,49)(H,44,53)(H,57,58)(H,59,60)(H2,42,45,46)(H2,54,55,56)/t30-,34-,35-,36+,40-/m1/s1. The van der Waals surface area contributed by atoms with Gasteiger partial charge in [-0.25, -0.2) is 28.6 Å². The van der Waals surface area contributed by atoms with Gasteiger partial charge in [0.25, 0.3) is 0 Å². The monoisotopic (exact) mass is 1060 g/mol. The first-order valence-corrected chi connectivity index (χ1v) is 29.0. The van der Waals surface area contributed by atoms with E-state index < -0.39 is 84.6 Å². The first-order chi connectivity index (χ1) is 32.4. The van der Waals surface area contributed by atoms with Crippen LogP contribution in [0.4, 0.5) is 5.82 Å². The number of thioether (sulfide) groups is 1. The van der Waals surface area contributed by atoms with E-state index in [2.05, 4.69) is 48.3 Å². The molecule has 2 amide bonds. The number of nitrogens with one attached hydrogen (secondary N) is 2. The maximum atomic E-state index is 12.7. The number of aliphatic hydroxyl groups excluding tert-OH is 2. The molecule has 0 radical (unpaired) electrons. The smallest absolute Gasteiger partial charge is 0.386 e. The largest absolute Gasteiger partial charge is 0.481 e. The zero-order chi connectivity index (χ0) is 51.3. The van der Waals surface area contributed by atoms with Crippen molar-refractivity contribution in [3.8, 4) is 0 Å². The van der Waals surface area contributed by atoms with Gasteiger partial charge in [0, 0.05) is 37.1 Å². The number of nitrogen functional groups attached to an aromatic ring is 1. The van der Waals surface area contributed by atoms with E-state index in [-0.39, 0.29) is 41.6 Å². The first-order valence-electron chi connectivity index (χ1n) is 23.5. The second-order valence-electron chi connectivity index (χ2n) is 18.2. The van der Waals surface area contributed by atoms with E-state index in [1.54, 1.807) is 0 Å². The average molecular weight is 1060 g/mol. The molecular weight excluding hydrogens is 987 g/mol. The maximum absolute atomic E-state index is 12.7. The molecule has 0 spiro atoms. The second-order valence-corrected chi connectivity index (χ2v) is 23.6. The lowest BCUT2D eigenvalue weighted by Gasteiger charge is -2.30. The highest BCUT2D eigenvalue weighted by Gasteiger charge is 2.50. The van der Waals surface area contributed by atoms with Crippen molar-refractivity contribution in [1.82, 2.24) is 30.2 Å². The number of aliphatic hydroxyl groups is 2. The van der Waals surface area contributed by atoms with E-state index in [4.69, 9.17) is 19.5 Å². The molecule has 1 aliphatic rings. The summed E-state index contributed by atoms with van der Waals surface area (Å²) < 4.78 is 62.5. The molecule has 0 saturated carbocycles. The van der Waals surface area contributed by atoms with Crippen molar-refractivity contribution in [3.05, 3.63) is 12.7 Å². The Morgan fingerprint density at radius 3 is 2.01 bits per heavy atom. The quantitative estimate of drug-likeness (QED) is 0.0298. The van der Waals surface area contributed by atoms with Crippen molar-refractivity contribution in [2.45, 2.75) is 167 Å². The summed E-state index contributed by atoms with van der Waals surface area (Å²) in [6.45, 7) is 5.16. The fourth-order valence-electron chi connectivity index (χ4n) is 7.31. The highest BCUT2D eigenvalue weighted by atomic mass is 32.2. The molecule has 2 unspecified atom stereocenters. The fourth-order valence-corrected chi connectivity index (χ4v) is 10.9. The van der Waals surface area contributed by atoms with E-state index in [9.17, 15) is 57.9 Å². The van der Waals surface area contributed by atoms with E-state index in [1.165, 1.54) is 90.9 Å². The minimum absolute atomic E-state index is 0.0340. The average Bonchev–Trinajstić information content (AvgIpc) is 3.82. The van der Waals surface area contributed by atoms with Crippen LogP contribution in [-0.2, 0) is 50.7 Å². The first kappa shape index (κ1) is 60.9. The van der Waals surface area contributed by atoms with Crippen LogP contribution in [0.3, 0.4) is 0 Å². The third-order valence-electron chi connectivity index (χ3n) is 11.2. The third-order valence-corrected chi connectivity index (χ3v) is 15.2.